The van der Waals surface area contributed by atoms with Gasteiger partial charge in [0.05, 0.1) is 11.5 Å². The number of ether oxygens (including phenoxy) is 1. The summed E-state index contributed by atoms with van der Waals surface area (Å²) in [6.45, 7) is 4.07. The first-order chi connectivity index (χ1) is 9.16. The molecule has 0 bridgehead atoms. The van der Waals surface area contributed by atoms with Crippen LogP contribution in [0.3, 0.4) is 0 Å². The molecule has 1 aromatic rings. The van der Waals surface area contributed by atoms with Gasteiger partial charge >= 0.3 is 0 Å². The lowest BCUT2D eigenvalue weighted by atomic mass is 9.88. The van der Waals surface area contributed by atoms with Crippen LogP contribution in [-0.4, -0.2) is 32.3 Å². The average molecular weight is 300 g/mol. The number of amidine groups is 1. The Hall–Kier alpha value is -1.76. The number of nitrogens with two attached hydrogens (primary N) is 1. The van der Waals surface area contributed by atoms with Gasteiger partial charge in [-0.25, -0.2) is 8.42 Å². The number of hydrogen-bond donors (Lipinski definition) is 2. The van der Waals surface area contributed by atoms with E-state index in [0.29, 0.717) is 18.8 Å². The molecule has 0 unspecified atom stereocenters. The number of oxime groups is 1. The molecule has 0 aliphatic rings. The fraction of sp³-hybridized carbons (Fsp3) is 0.462. The summed E-state index contributed by atoms with van der Waals surface area (Å²) in [5, 5.41) is 11.7. The second kappa shape index (κ2) is 6.13. The minimum atomic E-state index is -3.19. The van der Waals surface area contributed by atoms with E-state index in [0.717, 1.165) is 6.26 Å². The zero-order chi connectivity index (χ0) is 15.4. The van der Waals surface area contributed by atoms with E-state index in [1.807, 2.05) is 13.8 Å². The van der Waals surface area contributed by atoms with Gasteiger partial charge in [0, 0.05) is 11.7 Å². The molecule has 0 radical (unpaired) electrons. The molecular weight excluding hydrogens is 280 g/mol. The summed E-state index contributed by atoms with van der Waals surface area (Å²) in [7, 11) is -3.19. The monoisotopic (exact) mass is 300 g/mol. The molecule has 0 aromatic heterocycles. The largest absolute Gasteiger partial charge is 0.494 e. The summed E-state index contributed by atoms with van der Waals surface area (Å²) in [5.41, 5.74) is 5.10. The molecule has 1 aromatic carbocycles. The molecule has 0 atom stereocenters. The van der Waals surface area contributed by atoms with Crippen molar-refractivity contribution < 1.29 is 18.4 Å². The van der Waals surface area contributed by atoms with Crippen LogP contribution in [0, 0.1) is 5.41 Å². The third kappa shape index (κ3) is 4.41. The molecule has 3 N–H and O–H groups in total. The maximum atomic E-state index is 11.3. The standard InChI is InChI=1S/C13H20N2O4S/c1-13(2,12(14)15-16)8-9-19-10-4-6-11(7-5-10)20(3,17)18/h4-7,16H,8-9H2,1-3H3,(H2,14,15). The van der Waals surface area contributed by atoms with Crippen molar-refractivity contribution in [3.63, 3.8) is 0 Å². The lowest BCUT2D eigenvalue weighted by Gasteiger charge is -2.22. The highest BCUT2D eigenvalue weighted by Gasteiger charge is 2.23. The Labute approximate surface area is 119 Å². The van der Waals surface area contributed by atoms with E-state index in [-0.39, 0.29) is 10.7 Å². The SMILES string of the molecule is CC(C)(CCOc1ccc(S(C)(=O)=O)cc1)C(N)=NO. The highest BCUT2D eigenvalue weighted by molar-refractivity contribution is 7.90. The van der Waals surface area contributed by atoms with Crippen molar-refractivity contribution in [2.45, 2.75) is 25.2 Å². The van der Waals surface area contributed by atoms with E-state index in [4.69, 9.17) is 15.7 Å². The van der Waals surface area contributed by atoms with Gasteiger partial charge < -0.3 is 15.7 Å². The molecule has 1 rings (SSSR count). The molecule has 0 fully saturated rings. The number of sulfone groups is 1. The predicted molar refractivity (Wildman–Crippen MR) is 76.9 cm³/mol. The number of rotatable bonds is 6. The fourth-order valence-electron chi connectivity index (χ4n) is 1.47. The Bertz CT molecular complexity index is 577. The molecule has 7 heteroatoms. The quantitative estimate of drug-likeness (QED) is 0.360. The van der Waals surface area contributed by atoms with E-state index >= 15 is 0 Å². The van der Waals surface area contributed by atoms with Crippen LogP contribution in [0.2, 0.25) is 0 Å². The zero-order valence-corrected chi connectivity index (χ0v) is 12.6. The van der Waals surface area contributed by atoms with Crippen LogP contribution in [0.4, 0.5) is 0 Å². The summed E-state index contributed by atoms with van der Waals surface area (Å²) in [6.07, 6.45) is 1.72. The lowest BCUT2D eigenvalue weighted by Crippen LogP contribution is -2.33. The summed E-state index contributed by atoms with van der Waals surface area (Å²) in [5.74, 6) is 0.723. The molecular formula is C13H20N2O4S. The Kier molecular flexibility index (Phi) is 4.99. The smallest absolute Gasteiger partial charge is 0.175 e. The van der Waals surface area contributed by atoms with Crippen molar-refractivity contribution >= 4 is 15.7 Å². The Morgan fingerprint density at radius 1 is 1.35 bits per heavy atom. The summed E-state index contributed by atoms with van der Waals surface area (Å²) < 4.78 is 28.1. The first-order valence-electron chi connectivity index (χ1n) is 6.08. The summed E-state index contributed by atoms with van der Waals surface area (Å²) >= 11 is 0. The molecule has 6 nitrogen and oxygen atoms in total. The summed E-state index contributed by atoms with van der Waals surface area (Å²) in [4.78, 5) is 0.252. The highest BCUT2D eigenvalue weighted by atomic mass is 32.2. The molecule has 112 valence electrons. The van der Waals surface area contributed by atoms with Crippen LogP contribution in [0.25, 0.3) is 0 Å². The van der Waals surface area contributed by atoms with Gasteiger partial charge in [0.2, 0.25) is 0 Å². The van der Waals surface area contributed by atoms with E-state index < -0.39 is 15.3 Å². The van der Waals surface area contributed by atoms with Crippen molar-refractivity contribution in [2.75, 3.05) is 12.9 Å². The first kappa shape index (κ1) is 16.3. The van der Waals surface area contributed by atoms with Crippen LogP contribution < -0.4 is 10.5 Å². The van der Waals surface area contributed by atoms with Gasteiger partial charge in [-0.3, -0.25) is 0 Å². The Balaban J connectivity index is 2.60. The molecule has 0 spiro atoms. The van der Waals surface area contributed by atoms with Gasteiger partial charge in [-0.05, 0) is 30.7 Å². The van der Waals surface area contributed by atoms with Gasteiger partial charge in [-0.15, -0.1) is 0 Å². The Morgan fingerprint density at radius 3 is 2.35 bits per heavy atom. The average Bonchev–Trinajstić information content (AvgIpc) is 2.37. The molecule has 20 heavy (non-hydrogen) atoms. The van der Waals surface area contributed by atoms with E-state index in [2.05, 4.69) is 5.16 Å². The normalized spacial score (nSPS) is 13.2. The molecule has 0 amide bonds. The van der Waals surface area contributed by atoms with Crippen molar-refractivity contribution in [3.05, 3.63) is 24.3 Å². The van der Waals surface area contributed by atoms with Gasteiger partial charge in [0.25, 0.3) is 0 Å². The topological polar surface area (TPSA) is 102 Å². The van der Waals surface area contributed by atoms with Gasteiger partial charge in [0.15, 0.2) is 9.84 Å². The van der Waals surface area contributed by atoms with Gasteiger partial charge in [-0.1, -0.05) is 19.0 Å². The number of benzene rings is 1. The molecule has 0 saturated heterocycles. The van der Waals surface area contributed by atoms with E-state index in [1.165, 1.54) is 12.1 Å². The van der Waals surface area contributed by atoms with Gasteiger partial charge in [-0.2, -0.15) is 0 Å². The van der Waals surface area contributed by atoms with E-state index in [9.17, 15) is 8.42 Å². The van der Waals surface area contributed by atoms with Crippen LogP contribution in [0.1, 0.15) is 20.3 Å². The van der Waals surface area contributed by atoms with Crippen molar-refractivity contribution in [1.29, 1.82) is 0 Å². The predicted octanol–water partition coefficient (Wildman–Crippen LogP) is 1.63. The number of nitrogens with zero attached hydrogens (tertiary/aromatic N) is 1. The van der Waals surface area contributed by atoms with Crippen LogP contribution in [0.5, 0.6) is 5.75 Å². The van der Waals surface area contributed by atoms with Crippen LogP contribution in [0.15, 0.2) is 34.3 Å². The maximum absolute atomic E-state index is 11.3. The first-order valence-corrected chi connectivity index (χ1v) is 7.97. The molecule has 0 aliphatic carbocycles. The third-order valence-corrected chi connectivity index (χ3v) is 4.18. The van der Waals surface area contributed by atoms with Crippen molar-refractivity contribution in [1.82, 2.24) is 0 Å². The van der Waals surface area contributed by atoms with Gasteiger partial charge in [0.1, 0.15) is 11.6 Å². The van der Waals surface area contributed by atoms with Crippen molar-refractivity contribution in [2.24, 2.45) is 16.3 Å². The molecule has 0 aliphatic heterocycles. The lowest BCUT2D eigenvalue weighted by molar-refractivity contribution is 0.259. The van der Waals surface area contributed by atoms with Crippen LogP contribution >= 0.6 is 0 Å². The minimum absolute atomic E-state index is 0.147. The molecule has 0 heterocycles. The third-order valence-electron chi connectivity index (χ3n) is 3.05. The fourth-order valence-corrected chi connectivity index (χ4v) is 2.10. The minimum Gasteiger partial charge on any atom is -0.494 e. The zero-order valence-electron chi connectivity index (χ0n) is 11.8. The molecule has 0 saturated carbocycles. The van der Waals surface area contributed by atoms with E-state index in [1.54, 1.807) is 12.1 Å². The second-order valence-electron chi connectivity index (χ2n) is 5.21. The highest BCUT2D eigenvalue weighted by Crippen LogP contribution is 2.22. The summed E-state index contributed by atoms with van der Waals surface area (Å²) in [6, 6.07) is 6.21. The second-order valence-corrected chi connectivity index (χ2v) is 7.23. The van der Waals surface area contributed by atoms with Crippen molar-refractivity contribution in [3.8, 4) is 5.75 Å². The Morgan fingerprint density at radius 2 is 1.90 bits per heavy atom. The number of hydrogen-bond acceptors (Lipinski definition) is 5. The maximum Gasteiger partial charge on any atom is 0.175 e. The van der Waals surface area contributed by atoms with Crippen LogP contribution in [-0.2, 0) is 9.84 Å².